The van der Waals surface area contributed by atoms with Crippen LogP contribution in [0.2, 0.25) is 10.0 Å². The van der Waals surface area contributed by atoms with Gasteiger partial charge in [0.05, 0.1) is 0 Å². The number of carbonyl (C=O) groups is 1. The number of fused-ring (bicyclic) bond motifs is 1. The molecular formula is C32H35Cl5NO7PS2. The first-order valence-corrected chi connectivity index (χ1v) is 20.5. The van der Waals surface area contributed by atoms with Gasteiger partial charge in [0.15, 0.2) is 5.60 Å². The standard InChI is InChI=1S/C14H9Cl5O.C12H11NO2.C6H15O4PS2/c15-11-5-1-9(2-6-11)13(20,14(17,18)19)10-3-7-12(16)8-4-10;1-13-12(14)15-11-8-4-6-9-5-2-3-7-10(9)11;1-4-13(8)6-5-12-11(7,9-2)10-3/h1-8,20H;2-8H,1H3,(H,13,14);4-6H2,1-3H3. The van der Waals surface area contributed by atoms with E-state index in [1.165, 1.54) is 21.3 Å². The third-order valence-electron chi connectivity index (χ3n) is 6.42. The molecule has 2 N–H and O–H groups in total. The molecule has 16 heteroatoms. The first-order chi connectivity index (χ1) is 22.6. The Hall–Kier alpha value is -1.53. The molecule has 4 aromatic carbocycles. The van der Waals surface area contributed by atoms with Crippen molar-refractivity contribution in [1.29, 1.82) is 0 Å². The number of aliphatic hydroxyl groups is 1. The quantitative estimate of drug-likeness (QED) is 0.120. The smallest absolute Gasteiger partial charge is 0.410 e. The maximum absolute atomic E-state index is 11.4. The van der Waals surface area contributed by atoms with Crippen molar-refractivity contribution >= 4 is 104 Å². The second kappa shape index (κ2) is 20.4. The van der Waals surface area contributed by atoms with E-state index in [1.807, 2.05) is 43.3 Å². The molecule has 0 spiro atoms. The van der Waals surface area contributed by atoms with Gasteiger partial charge in [-0.25, -0.2) is 9.36 Å². The van der Waals surface area contributed by atoms with Gasteiger partial charge in [-0.2, -0.15) is 0 Å². The number of halogens is 5. The molecule has 4 aromatic rings. The minimum Gasteiger partial charge on any atom is -0.410 e. The van der Waals surface area contributed by atoms with Gasteiger partial charge in [-0.3, -0.25) is 4.21 Å². The highest BCUT2D eigenvalue weighted by Crippen LogP contribution is 2.59. The number of rotatable bonds is 10. The summed E-state index contributed by atoms with van der Waals surface area (Å²) in [7, 11) is 3.40. The molecular weight excluding hydrogens is 783 g/mol. The van der Waals surface area contributed by atoms with Gasteiger partial charge >= 0.3 is 12.9 Å². The largest absolute Gasteiger partial charge is 0.412 e. The molecule has 1 unspecified atom stereocenters. The third-order valence-corrected chi connectivity index (χ3v) is 13.3. The summed E-state index contributed by atoms with van der Waals surface area (Å²) >= 11 is 30.8. The number of amides is 1. The molecule has 8 nitrogen and oxygen atoms in total. The fraction of sp³-hybridized carbons (Fsp3) is 0.281. The highest BCUT2D eigenvalue weighted by atomic mass is 35.6. The minimum atomic E-state index is -2.97. The van der Waals surface area contributed by atoms with E-state index in [2.05, 4.69) is 5.32 Å². The highest BCUT2D eigenvalue weighted by molar-refractivity contribution is 8.55. The second-order valence-corrected chi connectivity index (χ2v) is 18.8. The van der Waals surface area contributed by atoms with Crippen LogP contribution in [-0.2, 0) is 30.0 Å². The van der Waals surface area contributed by atoms with E-state index in [0.717, 1.165) is 22.2 Å². The lowest BCUT2D eigenvalue weighted by Crippen LogP contribution is -2.41. The van der Waals surface area contributed by atoms with Crippen LogP contribution in [-0.4, -0.2) is 57.7 Å². The van der Waals surface area contributed by atoms with Gasteiger partial charge in [0.1, 0.15) is 5.75 Å². The molecule has 48 heavy (non-hydrogen) atoms. The Morgan fingerprint density at radius 1 is 0.875 bits per heavy atom. The van der Waals surface area contributed by atoms with Gasteiger partial charge in [0, 0.05) is 64.8 Å². The van der Waals surface area contributed by atoms with Crippen LogP contribution in [0.5, 0.6) is 5.75 Å². The van der Waals surface area contributed by atoms with Crippen molar-refractivity contribution < 1.29 is 32.5 Å². The van der Waals surface area contributed by atoms with Crippen LogP contribution >= 0.6 is 76.2 Å². The Kier molecular flexibility index (Phi) is 18.1. The summed E-state index contributed by atoms with van der Waals surface area (Å²) in [5.74, 6) is 2.26. The van der Waals surface area contributed by atoms with Crippen LogP contribution in [0.4, 0.5) is 4.79 Å². The van der Waals surface area contributed by atoms with Crippen molar-refractivity contribution in [3.63, 3.8) is 0 Å². The second-order valence-electron chi connectivity index (χ2n) is 9.42. The van der Waals surface area contributed by atoms with Crippen LogP contribution in [0.1, 0.15) is 18.1 Å². The van der Waals surface area contributed by atoms with Crippen molar-refractivity contribution in [2.24, 2.45) is 0 Å². The van der Waals surface area contributed by atoms with Crippen LogP contribution in [0.3, 0.4) is 0 Å². The van der Waals surface area contributed by atoms with E-state index in [1.54, 1.807) is 54.6 Å². The number of carbonyl (C=O) groups excluding carboxylic acids is 1. The van der Waals surface area contributed by atoms with Gasteiger partial charge in [-0.15, -0.1) is 0 Å². The van der Waals surface area contributed by atoms with E-state index in [0.29, 0.717) is 44.2 Å². The molecule has 262 valence electrons. The molecule has 0 heterocycles. The summed E-state index contributed by atoms with van der Waals surface area (Å²) < 4.78 is 35.0. The average molecular weight is 818 g/mol. The zero-order valence-electron chi connectivity index (χ0n) is 26.3. The molecule has 0 fully saturated rings. The summed E-state index contributed by atoms with van der Waals surface area (Å²) in [5.41, 5.74) is -0.972. The number of benzene rings is 4. The molecule has 1 atom stereocenters. The Morgan fingerprint density at radius 3 is 1.83 bits per heavy atom. The molecule has 0 saturated heterocycles. The van der Waals surface area contributed by atoms with Crippen molar-refractivity contribution in [3.8, 4) is 5.75 Å². The first-order valence-electron chi connectivity index (χ1n) is 14.0. The van der Waals surface area contributed by atoms with Crippen LogP contribution in [0, 0.1) is 0 Å². The lowest BCUT2D eigenvalue weighted by Gasteiger charge is -2.35. The molecule has 4 rings (SSSR count). The van der Waals surface area contributed by atoms with Crippen LogP contribution in [0.25, 0.3) is 10.8 Å². The molecule has 1 amide bonds. The van der Waals surface area contributed by atoms with Crippen molar-refractivity contribution in [3.05, 3.63) is 112 Å². The summed E-state index contributed by atoms with van der Waals surface area (Å²) in [4.78, 5) is 11.1. The number of nitrogens with one attached hydrogen (secondary N) is 1. The van der Waals surface area contributed by atoms with E-state index < -0.39 is 33.1 Å². The van der Waals surface area contributed by atoms with Gasteiger partial charge in [0.2, 0.25) is 3.79 Å². The van der Waals surface area contributed by atoms with E-state index in [-0.39, 0.29) is 0 Å². The van der Waals surface area contributed by atoms with Crippen molar-refractivity contribution in [2.75, 3.05) is 38.5 Å². The van der Waals surface area contributed by atoms with Crippen molar-refractivity contribution in [1.82, 2.24) is 5.32 Å². The highest BCUT2D eigenvalue weighted by Gasteiger charge is 2.50. The topological polar surface area (TPSA) is 111 Å². The summed E-state index contributed by atoms with van der Waals surface area (Å²) in [5, 5.41) is 16.4. The van der Waals surface area contributed by atoms with Gasteiger partial charge in [0.25, 0.3) is 0 Å². The number of hydrogen-bond donors (Lipinski definition) is 2. The maximum Gasteiger partial charge on any atom is 0.412 e. The molecule has 0 saturated carbocycles. The predicted octanol–water partition coefficient (Wildman–Crippen LogP) is 10.0. The number of hydrogen-bond acceptors (Lipinski definition) is 8. The molecule has 0 aliphatic carbocycles. The normalized spacial score (nSPS) is 12.2. The molecule has 0 radical (unpaired) electrons. The monoisotopic (exact) mass is 815 g/mol. The SMILES string of the molecule is CCS(=O)CCSP(=O)(OC)OC.CNC(=O)Oc1cccc2ccccc12.OC(c1ccc(Cl)cc1)(c1ccc(Cl)cc1)C(Cl)(Cl)Cl. The van der Waals surface area contributed by atoms with Crippen LogP contribution < -0.4 is 10.1 Å². The minimum absolute atomic E-state index is 0.421. The summed E-state index contributed by atoms with van der Waals surface area (Å²) in [6.45, 7) is -1.11. The Balaban J connectivity index is 0.000000258. The van der Waals surface area contributed by atoms with Crippen LogP contribution in [0.15, 0.2) is 91.0 Å². The lowest BCUT2D eigenvalue weighted by atomic mass is 9.87. The zero-order chi connectivity index (χ0) is 36.0. The lowest BCUT2D eigenvalue weighted by molar-refractivity contribution is 0.0850. The first kappa shape index (κ1) is 42.6. The van der Waals surface area contributed by atoms with Crippen molar-refractivity contribution in [2.45, 2.75) is 16.3 Å². The molecule has 0 aliphatic rings. The Bertz CT molecular complexity index is 1620. The number of alkyl halides is 3. The predicted molar refractivity (Wildman–Crippen MR) is 203 cm³/mol. The molecule has 0 aromatic heterocycles. The summed E-state index contributed by atoms with van der Waals surface area (Å²) in [6, 6.07) is 26.3. The average Bonchev–Trinajstić information content (AvgIpc) is 3.08. The van der Waals surface area contributed by atoms with Gasteiger partial charge < -0.3 is 24.2 Å². The Morgan fingerprint density at radius 2 is 1.38 bits per heavy atom. The van der Waals surface area contributed by atoms with E-state index >= 15 is 0 Å². The van der Waals surface area contributed by atoms with E-state index in [4.69, 9.17) is 71.8 Å². The fourth-order valence-corrected chi connectivity index (χ4v) is 8.67. The zero-order valence-corrected chi connectivity index (χ0v) is 32.6. The summed E-state index contributed by atoms with van der Waals surface area (Å²) in [6.07, 6.45) is -0.452. The third kappa shape index (κ3) is 12.7. The maximum atomic E-state index is 11.4. The number of ether oxygens (including phenoxy) is 1. The van der Waals surface area contributed by atoms with E-state index in [9.17, 15) is 18.7 Å². The molecule has 0 bridgehead atoms. The Labute approximate surface area is 312 Å². The van der Waals surface area contributed by atoms with Gasteiger partial charge in [-0.1, -0.05) is 126 Å². The fourth-order valence-electron chi connectivity index (χ4n) is 3.88. The molecule has 0 aliphatic heterocycles. The van der Waals surface area contributed by atoms with Gasteiger partial charge in [-0.05, 0) is 58.2 Å².